The van der Waals surface area contributed by atoms with Crippen LogP contribution < -0.4 is 0 Å². The lowest BCUT2D eigenvalue weighted by atomic mass is 10.0. The van der Waals surface area contributed by atoms with E-state index >= 15 is 0 Å². The maximum Gasteiger partial charge on any atom is 0.243 e. The van der Waals surface area contributed by atoms with Gasteiger partial charge in [0.25, 0.3) is 0 Å². The molecule has 8 heteroatoms. The van der Waals surface area contributed by atoms with Crippen molar-refractivity contribution >= 4 is 20.0 Å². The molecule has 1 aromatic carbocycles. The number of nitrogens with zero attached hydrogens (tertiary/aromatic N) is 2. The molecule has 2 atom stereocenters. The zero-order chi connectivity index (χ0) is 17.4. The summed E-state index contributed by atoms with van der Waals surface area (Å²) in [5, 5.41) is 0. The zero-order valence-electron chi connectivity index (χ0n) is 13.9. The summed E-state index contributed by atoms with van der Waals surface area (Å²) < 4.78 is 52.5. The van der Waals surface area contributed by atoms with Crippen molar-refractivity contribution in [1.82, 2.24) is 8.61 Å². The van der Waals surface area contributed by atoms with Gasteiger partial charge in [0.2, 0.25) is 20.0 Å². The molecule has 1 saturated heterocycles. The predicted molar refractivity (Wildman–Crippen MR) is 89.1 cm³/mol. The minimum absolute atomic E-state index is 0.0473. The van der Waals surface area contributed by atoms with Crippen LogP contribution in [0.3, 0.4) is 0 Å². The number of hydrogen-bond acceptors (Lipinski definition) is 4. The second-order valence-electron chi connectivity index (χ2n) is 6.22. The SMILES string of the molecule is C[C@@H]1CCC[C@@H](C)N1S(=O)(=O)c1ccc(S(=O)(=O)N(C)C)cc1. The predicted octanol–water partition coefficient (Wildman–Crippen LogP) is 1.89. The second kappa shape index (κ2) is 6.51. The maximum atomic E-state index is 12.9. The molecule has 1 aromatic rings. The van der Waals surface area contributed by atoms with Crippen LogP contribution in [0, 0.1) is 0 Å². The second-order valence-corrected chi connectivity index (χ2v) is 10.2. The summed E-state index contributed by atoms with van der Waals surface area (Å²) in [7, 11) is -4.30. The van der Waals surface area contributed by atoms with E-state index in [1.807, 2.05) is 13.8 Å². The Morgan fingerprint density at radius 3 is 1.78 bits per heavy atom. The van der Waals surface area contributed by atoms with E-state index < -0.39 is 20.0 Å². The summed E-state index contributed by atoms with van der Waals surface area (Å²) in [5.41, 5.74) is 0. The van der Waals surface area contributed by atoms with Gasteiger partial charge in [0.05, 0.1) is 9.79 Å². The van der Waals surface area contributed by atoms with E-state index in [0.717, 1.165) is 23.6 Å². The number of hydrogen-bond donors (Lipinski definition) is 0. The molecule has 2 rings (SSSR count). The molecular weight excluding hydrogens is 336 g/mol. The van der Waals surface area contributed by atoms with Gasteiger partial charge < -0.3 is 0 Å². The third-order valence-corrected chi connectivity index (χ3v) is 8.26. The average molecular weight is 361 g/mol. The van der Waals surface area contributed by atoms with Crippen LogP contribution in [0.4, 0.5) is 0 Å². The van der Waals surface area contributed by atoms with Crippen LogP contribution >= 0.6 is 0 Å². The summed E-state index contributed by atoms with van der Waals surface area (Å²) in [6.07, 6.45) is 2.71. The smallest absolute Gasteiger partial charge is 0.207 e. The van der Waals surface area contributed by atoms with Crippen LogP contribution in [0.15, 0.2) is 34.1 Å². The quantitative estimate of drug-likeness (QED) is 0.822. The first-order valence-electron chi connectivity index (χ1n) is 7.64. The summed E-state index contributed by atoms with van der Waals surface area (Å²) >= 11 is 0. The van der Waals surface area contributed by atoms with Gasteiger partial charge in [-0.1, -0.05) is 6.42 Å². The number of piperidine rings is 1. The molecule has 1 fully saturated rings. The van der Waals surface area contributed by atoms with Gasteiger partial charge in [-0.2, -0.15) is 4.31 Å². The molecule has 1 aliphatic heterocycles. The Morgan fingerprint density at radius 2 is 1.35 bits per heavy atom. The first-order valence-corrected chi connectivity index (χ1v) is 10.5. The highest BCUT2D eigenvalue weighted by molar-refractivity contribution is 7.89. The molecule has 6 nitrogen and oxygen atoms in total. The first kappa shape index (κ1) is 18.4. The van der Waals surface area contributed by atoms with Crippen LogP contribution in [0.2, 0.25) is 0 Å². The normalized spacial score (nSPS) is 24.0. The van der Waals surface area contributed by atoms with E-state index in [2.05, 4.69) is 0 Å². The van der Waals surface area contributed by atoms with Gasteiger partial charge in [0, 0.05) is 26.2 Å². The van der Waals surface area contributed by atoms with Crippen molar-refractivity contribution in [3.63, 3.8) is 0 Å². The van der Waals surface area contributed by atoms with Crippen molar-refractivity contribution in [2.24, 2.45) is 0 Å². The minimum Gasteiger partial charge on any atom is -0.207 e. The van der Waals surface area contributed by atoms with Gasteiger partial charge in [0.15, 0.2) is 0 Å². The van der Waals surface area contributed by atoms with Crippen molar-refractivity contribution in [2.45, 2.75) is 55.0 Å². The number of benzene rings is 1. The third kappa shape index (κ3) is 3.45. The Hall–Kier alpha value is -0.960. The largest absolute Gasteiger partial charge is 0.243 e. The van der Waals surface area contributed by atoms with Crippen molar-refractivity contribution in [3.05, 3.63) is 24.3 Å². The summed E-state index contributed by atoms with van der Waals surface area (Å²) in [5.74, 6) is 0. The van der Waals surface area contributed by atoms with Crippen LogP contribution in [0.25, 0.3) is 0 Å². The highest BCUT2D eigenvalue weighted by atomic mass is 32.2. The number of sulfonamides is 2. The van der Waals surface area contributed by atoms with Gasteiger partial charge in [-0.05, 0) is 51.0 Å². The van der Waals surface area contributed by atoms with E-state index in [4.69, 9.17) is 0 Å². The van der Waals surface area contributed by atoms with Crippen LogP contribution in [0.5, 0.6) is 0 Å². The Kier molecular flexibility index (Phi) is 5.20. The van der Waals surface area contributed by atoms with Gasteiger partial charge in [0.1, 0.15) is 0 Å². The van der Waals surface area contributed by atoms with E-state index in [1.54, 1.807) is 4.31 Å². The Balaban J connectivity index is 2.38. The average Bonchev–Trinajstić information content (AvgIpc) is 2.46. The van der Waals surface area contributed by atoms with E-state index in [9.17, 15) is 16.8 Å². The molecule has 0 unspecified atom stereocenters. The monoisotopic (exact) mass is 360 g/mol. The highest BCUT2D eigenvalue weighted by Gasteiger charge is 2.35. The summed E-state index contributed by atoms with van der Waals surface area (Å²) in [6, 6.07) is 5.35. The minimum atomic E-state index is -3.62. The van der Waals surface area contributed by atoms with Gasteiger partial charge >= 0.3 is 0 Å². The van der Waals surface area contributed by atoms with Crippen molar-refractivity contribution in [2.75, 3.05) is 14.1 Å². The highest BCUT2D eigenvalue weighted by Crippen LogP contribution is 2.30. The van der Waals surface area contributed by atoms with Gasteiger partial charge in [-0.25, -0.2) is 21.1 Å². The maximum absolute atomic E-state index is 12.9. The summed E-state index contributed by atoms with van der Waals surface area (Å²) in [6.45, 7) is 3.83. The Labute approximate surface area is 139 Å². The molecule has 0 radical (unpaired) electrons. The number of rotatable bonds is 4. The lowest BCUT2D eigenvalue weighted by molar-refractivity contribution is 0.204. The standard InChI is InChI=1S/C15H24N2O4S2/c1-12-6-5-7-13(2)17(12)23(20,21)15-10-8-14(9-11-15)22(18,19)16(3)4/h8-13H,5-7H2,1-4H3/t12-,13-/m1/s1. The fraction of sp³-hybridized carbons (Fsp3) is 0.600. The lowest BCUT2D eigenvalue weighted by Crippen LogP contribution is -2.47. The zero-order valence-corrected chi connectivity index (χ0v) is 15.6. The molecule has 23 heavy (non-hydrogen) atoms. The molecule has 1 heterocycles. The molecule has 0 amide bonds. The first-order chi connectivity index (χ1) is 10.6. The van der Waals surface area contributed by atoms with Crippen LogP contribution in [0.1, 0.15) is 33.1 Å². The van der Waals surface area contributed by atoms with Crippen LogP contribution in [-0.2, 0) is 20.0 Å². The molecule has 0 N–H and O–H groups in total. The van der Waals surface area contributed by atoms with Gasteiger partial charge in [-0.15, -0.1) is 0 Å². The Morgan fingerprint density at radius 1 is 0.913 bits per heavy atom. The molecule has 130 valence electrons. The topological polar surface area (TPSA) is 74.8 Å². The fourth-order valence-corrected chi connectivity index (χ4v) is 5.77. The lowest BCUT2D eigenvalue weighted by Gasteiger charge is -2.37. The van der Waals surface area contributed by atoms with Crippen LogP contribution in [-0.4, -0.2) is 51.6 Å². The molecule has 0 saturated carbocycles. The third-order valence-electron chi connectivity index (χ3n) is 4.29. The fourth-order valence-electron chi connectivity index (χ4n) is 2.99. The molecular formula is C15H24N2O4S2. The van der Waals surface area contributed by atoms with E-state index in [1.165, 1.54) is 38.4 Å². The molecule has 0 bridgehead atoms. The molecule has 0 spiro atoms. The molecule has 0 aliphatic carbocycles. The van der Waals surface area contributed by atoms with E-state index in [-0.39, 0.29) is 21.9 Å². The Bertz CT molecular complexity index is 745. The van der Waals surface area contributed by atoms with Crippen molar-refractivity contribution < 1.29 is 16.8 Å². The van der Waals surface area contributed by atoms with Crippen molar-refractivity contribution in [3.8, 4) is 0 Å². The molecule has 1 aliphatic rings. The summed E-state index contributed by atoms with van der Waals surface area (Å²) in [4.78, 5) is 0.219. The van der Waals surface area contributed by atoms with E-state index in [0.29, 0.717) is 0 Å². The van der Waals surface area contributed by atoms with Gasteiger partial charge in [-0.3, -0.25) is 0 Å². The molecule has 0 aromatic heterocycles. The van der Waals surface area contributed by atoms with Crippen molar-refractivity contribution in [1.29, 1.82) is 0 Å².